The molecular formula is C17H26FN5OS. The number of thiazole rings is 1. The van der Waals surface area contributed by atoms with Crippen molar-refractivity contribution in [3.8, 4) is 0 Å². The number of likely N-dealkylation sites (tertiary alicyclic amines) is 1. The van der Waals surface area contributed by atoms with Gasteiger partial charge in [0, 0.05) is 37.0 Å². The number of hydrogen-bond donors (Lipinski definition) is 0. The van der Waals surface area contributed by atoms with Gasteiger partial charge in [-0.3, -0.25) is 9.80 Å². The van der Waals surface area contributed by atoms with Crippen LogP contribution < -0.4 is 0 Å². The zero-order chi connectivity index (χ0) is 18.0. The molecule has 2 atom stereocenters. The van der Waals surface area contributed by atoms with E-state index in [1.165, 1.54) is 0 Å². The van der Waals surface area contributed by atoms with E-state index < -0.39 is 6.17 Å². The molecule has 25 heavy (non-hydrogen) atoms. The van der Waals surface area contributed by atoms with Crippen LogP contribution in [0.1, 0.15) is 48.7 Å². The van der Waals surface area contributed by atoms with E-state index in [0.717, 1.165) is 17.2 Å². The number of halogens is 1. The highest BCUT2D eigenvalue weighted by molar-refractivity contribution is 7.09. The summed E-state index contributed by atoms with van der Waals surface area (Å²) in [6.45, 7) is 8.59. The Hall–Kier alpha value is -1.38. The molecule has 1 aliphatic rings. The normalized spacial score (nSPS) is 21.7. The van der Waals surface area contributed by atoms with Crippen LogP contribution in [0, 0.1) is 6.92 Å². The van der Waals surface area contributed by atoms with Gasteiger partial charge in [-0.15, -0.1) is 21.5 Å². The monoisotopic (exact) mass is 367 g/mol. The molecule has 0 radical (unpaired) electrons. The minimum atomic E-state index is -0.769. The first-order chi connectivity index (χ1) is 11.9. The molecule has 0 bridgehead atoms. The summed E-state index contributed by atoms with van der Waals surface area (Å²) in [4.78, 5) is 8.83. The second kappa shape index (κ2) is 7.88. The summed E-state index contributed by atoms with van der Waals surface area (Å²) in [5, 5.41) is 11.3. The molecule has 1 aliphatic heterocycles. The smallest absolute Gasteiger partial charge is 0.230 e. The molecule has 8 heteroatoms. The molecule has 0 saturated carbocycles. The standard InChI is InChI=1S/C17H26FN5OS/c1-11(2)17-21-20-16(24-17)9-22(4)8-15-5-13(18)6-23(15)7-14-10-25-12(3)19-14/h10-11,13,15H,5-9H2,1-4H3/t13-,15-/m0/s1. The molecule has 1 fully saturated rings. The fourth-order valence-corrected chi connectivity index (χ4v) is 3.82. The van der Waals surface area contributed by atoms with Gasteiger partial charge in [0.1, 0.15) is 6.17 Å². The Morgan fingerprint density at radius 1 is 1.44 bits per heavy atom. The third kappa shape index (κ3) is 4.83. The molecule has 0 aliphatic carbocycles. The summed E-state index contributed by atoms with van der Waals surface area (Å²) in [5.41, 5.74) is 1.03. The number of aromatic nitrogens is 3. The quantitative estimate of drug-likeness (QED) is 0.750. The highest BCUT2D eigenvalue weighted by atomic mass is 32.1. The van der Waals surface area contributed by atoms with Crippen LogP contribution in [0.4, 0.5) is 4.39 Å². The summed E-state index contributed by atoms with van der Waals surface area (Å²) >= 11 is 1.64. The van der Waals surface area contributed by atoms with Crippen LogP contribution >= 0.6 is 11.3 Å². The van der Waals surface area contributed by atoms with E-state index in [1.54, 1.807) is 11.3 Å². The van der Waals surface area contributed by atoms with E-state index in [9.17, 15) is 4.39 Å². The molecule has 6 nitrogen and oxygen atoms in total. The van der Waals surface area contributed by atoms with Gasteiger partial charge in [-0.1, -0.05) is 13.8 Å². The first kappa shape index (κ1) is 18.4. The van der Waals surface area contributed by atoms with Gasteiger partial charge >= 0.3 is 0 Å². The maximum atomic E-state index is 14.0. The molecule has 0 unspecified atom stereocenters. The number of likely N-dealkylation sites (N-methyl/N-ethyl adjacent to an activating group) is 1. The Labute approximate surface area is 152 Å². The SMILES string of the molecule is Cc1nc(CN2C[C@@H](F)C[C@H]2CN(C)Cc2nnc(C(C)C)o2)cs1. The fourth-order valence-electron chi connectivity index (χ4n) is 3.21. The van der Waals surface area contributed by atoms with Crippen LogP contribution in [-0.4, -0.2) is 57.3 Å². The van der Waals surface area contributed by atoms with Crippen molar-refractivity contribution in [3.05, 3.63) is 27.9 Å². The minimum Gasteiger partial charge on any atom is -0.424 e. The number of aryl methyl sites for hydroxylation is 1. The molecule has 0 N–H and O–H groups in total. The van der Waals surface area contributed by atoms with Crippen LogP contribution in [-0.2, 0) is 13.1 Å². The zero-order valence-electron chi connectivity index (χ0n) is 15.3. The molecular weight excluding hydrogens is 341 g/mol. The van der Waals surface area contributed by atoms with Gasteiger partial charge in [0.15, 0.2) is 0 Å². The molecule has 3 heterocycles. The molecule has 0 amide bonds. The van der Waals surface area contributed by atoms with E-state index in [1.807, 2.05) is 27.8 Å². The van der Waals surface area contributed by atoms with E-state index in [2.05, 4.69) is 30.4 Å². The molecule has 0 aromatic carbocycles. The van der Waals surface area contributed by atoms with Crippen LogP contribution in [0.2, 0.25) is 0 Å². The molecule has 2 aromatic heterocycles. The van der Waals surface area contributed by atoms with Gasteiger partial charge in [0.2, 0.25) is 11.8 Å². The van der Waals surface area contributed by atoms with E-state index >= 15 is 0 Å². The third-order valence-corrected chi connectivity index (χ3v) is 5.23. The van der Waals surface area contributed by atoms with Crippen molar-refractivity contribution in [1.29, 1.82) is 0 Å². The Morgan fingerprint density at radius 3 is 2.88 bits per heavy atom. The lowest BCUT2D eigenvalue weighted by Crippen LogP contribution is -2.38. The number of nitrogens with zero attached hydrogens (tertiary/aromatic N) is 5. The van der Waals surface area contributed by atoms with Crippen molar-refractivity contribution in [2.24, 2.45) is 0 Å². The van der Waals surface area contributed by atoms with Crippen molar-refractivity contribution >= 4 is 11.3 Å². The van der Waals surface area contributed by atoms with E-state index in [0.29, 0.717) is 37.8 Å². The minimum absolute atomic E-state index is 0.175. The maximum Gasteiger partial charge on any atom is 0.230 e. The van der Waals surface area contributed by atoms with Gasteiger partial charge in [-0.2, -0.15) is 0 Å². The van der Waals surface area contributed by atoms with Crippen molar-refractivity contribution in [2.75, 3.05) is 20.1 Å². The fraction of sp³-hybridized carbons (Fsp3) is 0.706. The number of hydrogen-bond acceptors (Lipinski definition) is 7. The van der Waals surface area contributed by atoms with E-state index in [4.69, 9.17) is 4.42 Å². The second-order valence-corrected chi connectivity index (χ2v) is 8.22. The van der Waals surface area contributed by atoms with Gasteiger partial charge < -0.3 is 4.42 Å². The average molecular weight is 367 g/mol. The molecule has 3 rings (SSSR count). The van der Waals surface area contributed by atoms with Crippen molar-refractivity contribution in [3.63, 3.8) is 0 Å². The Morgan fingerprint density at radius 2 is 2.24 bits per heavy atom. The predicted molar refractivity (Wildman–Crippen MR) is 95.3 cm³/mol. The molecule has 2 aromatic rings. The van der Waals surface area contributed by atoms with Gasteiger partial charge in [-0.05, 0) is 20.4 Å². The van der Waals surface area contributed by atoms with Crippen LogP contribution in [0.3, 0.4) is 0 Å². The third-order valence-electron chi connectivity index (χ3n) is 4.41. The molecule has 1 saturated heterocycles. The summed E-state index contributed by atoms with van der Waals surface area (Å²) in [7, 11) is 2.01. The summed E-state index contributed by atoms with van der Waals surface area (Å²) in [6.07, 6.45) is -0.205. The summed E-state index contributed by atoms with van der Waals surface area (Å²) in [6, 6.07) is 0.175. The van der Waals surface area contributed by atoms with Crippen molar-refractivity contribution in [1.82, 2.24) is 25.0 Å². The lowest BCUT2D eigenvalue weighted by Gasteiger charge is -2.27. The number of alkyl halides is 1. The first-order valence-corrected chi connectivity index (χ1v) is 9.58. The predicted octanol–water partition coefficient (Wildman–Crippen LogP) is 3.00. The van der Waals surface area contributed by atoms with Gasteiger partial charge in [-0.25, -0.2) is 9.37 Å². The topological polar surface area (TPSA) is 58.3 Å². The summed E-state index contributed by atoms with van der Waals surface area (Å²) in [5.74, 6) is 1.50. The zero-order valence-corrected chi connectivity index (χ0v) is 16.1. The molecule has 138 valence electrons. The van der Waals surface area contributed by atoms with Crippen molar-refractivity contribution in [2.45, 2.75) is 58.4 Å². The second-order valence-electron chi connectivity index (χ2n) is 7.16. The summed E-state index contributed by atoms with van der Waals surface area (Å²) < 4.78 is 19.6. The highest BCUT2D eigenvalue weighted by Crippen LogP contribution is 2.24. The van der Waals surface area contributed by atoms with Gasteiger partial charge in [0.25, 0.3) is 0 Å². The maximum absolute atomic E-state index is 14.0. The van der Waals surface area contributed by atoms with Crippen LogP contribution in [0.15, 0.2) is 9.80 Å². The average Bonchev–Trinajstić information content (AvgIpc) is 3.22. The Balaban J connectivity index is 1.57. The van der Waals surface area contributed by atoms with Crippen molar-refractivity contribution < 1.29 is 8.81 Å². The largest absolute Gasteiger partial charge is 0.424 e. The molecule has 0 spiro atoms. The lowest BCUT2D eigenvalue weighted by molar-refractivity contribution is 0.171. The Kier molecular flexibility index (Phi) is 5.81. The van der Waals surface area contributed by atoms with Crippen LogP contribution in [0.25, 0.3) is 0 Å². The lowest BCUT2D eigenvalue weighted by atomic mass is 10.2. The van der Waals surface area contributed by atoms with E-state index in [-0.39, 0.29) is 12.0 Å². The number of rotatable bonds is 7. The van der Waals surface area contributed by atoms with Crippen LogP contribution in [0.5, 0.6) is 0 Å². The first-order valence-electron chi connectivity index (χ1n) is 8.70. The van der Waals surface area contributed by atoms with Gasteiger partial charge in [0.05, 0.1) is 17.2 Å². The highest BCUT2D eigenvalue weighted by Gasteiger charge is 2.33. The Bertz CT molecular complexity index is 688.